The molecule has 0 spiro atoms. The SMILES string of the molecule is CCOCCN(CC(C)C(=O)OC)C(=O)c1cc(-c2ccco2)[nH]n1. The van der Waals surface area contributed by atoms with Crippen molar-refractivity contribution in [3.05, 3.63) is 30.2 Å². The Balaban J connectivity index is 2.11. The summed E-state index contributed by atoms with van der Waals surface area (Å²) in [6.45, 7) is 5.11. The van der Waals surface area contributed by atoms with Crippen LogP contribution in [0.4, 0.5) is 0 Å². The largest absolute Gasteiger partial charge is 0.469 e. The van der Waals surface area contributed by atoms with E-state index in [4.69, 9.17) is 13.9 Å². The third-order valence-electron chi connectivity index (χ3n) is 3.68. The van der Waals surface area contributed by atoms with Gasteiger partial charge in [0.05, 0.1) is 25.9 Å². The number of carbonyl (C=O) groups excluding carboxylic acids is 2. The first kappa shape index (κ1) is 18.7. The monoisotopic (exact) mass is 349 g/mol. The molecule has 1 N–H and O–H groups in total. The van der Waals surface area contributed by atoms with Crippen LogP contribution in [0.25, 0.3) is 11.5 Å². The van der Waals surface area contributed by atoms with E-state index in [-0.39, 0.29) is 24.1 Å². The van der Waals surface area contributed by atoms with Gasteiger partial charge in [-0.1, -0.05) is 6.92 Å². The number of rotatable bonds is 9. The molecular weight excluding hydrogens is 326 g/mol. The van der Waals surface area contributed by atoms with Gasteiger partial charge in [0.25, 0.3) is 5.91 Å². The second kappa shape index (κ2) is 9.03. The van der Waals surface area contributed by atoms with Gasteiger partial charge in [0.2, 0.25) is 0 Å². The molecule has 1 amide bonds. The molecule has 0 aliphatic carbocycles. The van der Waals surface area contributed by atoms with E-state index in [0.29, 0.717) is 31.2 Å². The second-order valence-electron chi connectivity index (χ2n) is 5.52. The molecule has 1 unspecified atom stereocenters. The number of nitrogens with zero attached hydrogens (tertiary/aromatic N) is 2. The number of methoxy groups -OCH3 is 1. The van der Waals surface area contributed by atoms with Crippen molar-refractivity contribution in [2.24, 2.45) is 5.92 Å². The van der Waals surface area contributed by atoms with E-state index >= 15 is 0 Å². The summed E-state index contributed by atoms with van der Waals surface area (Å²) >= 11 is 0. The summed E-state index contributed by atoms with van der Waals surface area (Å²) in [6, 6.07) is 5.15. The second-order valence-corrected chi connectivity index (χ2v) is 5.52. The molecule has 0 bridgehead atoms. The highest BCUT2D eigenvalue weighted by atomic mass is 16.5. The molecule has 0 radical (unpaired) electrons. The number of hydrogen-bond acceptors (Lipinski definition) is 6. The predicted octanol–water partition coefficient (Wildman–Crippen LogP) is 1.96. The third-order valence-corrected chi connectivity index (χ3v) is 3.68. The number of H-pyrrole nitrogens is 1. The summed E-state index contributed by atoms with van der Waals surface area (Å²) < 4.78 is 15.3. The average Bonchev–Trinajstić information content (AvgIpc) is 3.30. The average molecular weight is 349 g/mol. The number of carbonyl (C=O) groups is 2. The van der Waals surface area contributed by atoms with E-state index < -0.39 is 5.92 Å². The molecule has 25 heavy (non-hydrogen) atoms. The van der Waals surface area contributed by atoms with Crippen LogP contribution in [0.15, 0.2) is 28.9 Å². The van der Waals surface area contributed by atoms with E-state index in [9.17, 15) is 9.59 Å². The van der Waals surface area contributed by atoms with Crippen molar-refractivity contribution in [3.63, 3.8) is 0 Å². The Hall–Kier alpha value is -2.61. The van der Waals surface area contributed by atoms with Crippen LogP contribution in [0.1, 0.15) is 24.3 Å². The number of aromatic nitrogens is 2. The van der Waals surface area contributed by atoms with Crippen LogP contribution in [0, 0.1) is 5.92 Å². The Bertz CT molecular complexity index is 680. The minimum atomic E-state index is -0.445. The zero-order valence-electron chi connectivity index (χ0n) is 14.7. The molecule has 2 aromatic rings. The number of ether oxygens (including phenoxy) is 2. The molecule has 0 aromatic carbocycles. The van der Waals surface area contributed by atoms with Crippen LogP contribution in [0.2, 0.25) is 0 Å². The fourth-order valence-electron chi connectivity index (χ4n) is 2.35. The maximum absolute atomic E-state index is 12.8. The standard InChI is InChI=1S/C17H23N3O5/c1-4-24-9-7-20(11-12(2)17(22)23-3)16(21)14-10-13(18-19-14)15-6-5-8-25-15/h5-6,8,10,12H,4,7,9,11H2,1-3H3,(H,18,19). The highest BCUT2D eigenvalue weighted by molar-refractivity contribution is 5.93. The summed E-state index contributed by atoms with van der Waals surface area (Å²) in [4.78, 5) is 26.0. The van der Waals surface area contributed by atoms with E-state index in [1.807, 2.05) is 6.92 Å². The van der Waals surface area contributed by atoms with Crippen LogP contribution in [0.3, 0.4) is 0 Å². The minimum absolute atomic E-state index is 0.224. The molecule has 1 atom stereocenters. The van der Waals surface area contributed by atoms with Crippen molar-refractivity contribution in [3.8, 4) is 11.5 Å². The zero-order valence-corrected chi connectivity index (χ0v) is 14.7. The smallest absolute Gasteiger partial charge is 0.310 e. The van der Waals surface area contributed by atoms with Crippen LogP contribution < -0.4 is 0 Å². The number of nitrogens with one attached hydrogen (secondary N) is 1. The van der Waals surface area contributed by atoms with Crippen molar-refractivity contribution in [1.29, 1.82) is 0 Å². The molecule has 0 saturated carbocycles. The fourth-order valence-corrected chi connectivity index (χ4v) is 2.35. The van der Waals surface area contributed by atoms with Crippen LogP contribution in [0.5, 0.6) is 0 Å². The minimum Gasteiger partial charge on any atom is -0.469 e. The van der Waals surface area contributed by atoms with Gasteiger partial charge >= 0.3 is 5.97 Å². The van der Waals surface area contributed by atoms with Gasteiger partial charge in [0.1, 0.15) is 5.69 Å². The number of hydrogen-bond donors (Lipinski definition) is 1. The molecule has 2 heterocycles. The number of esters is 1. The van der Waals surface area contributed by atoms with Gasteiger partial charge < -0.3 is 18.8 Å². The van der Waals surface area contributed by atoms with Crippen molar-refractivity contribution < 1.29 is 23.5 Å². The van der Waals surface area contributed by atoms with Crippen molar-refractivity contribution in [2.45, 2.75) is 13.8 Å². The van der Waals surface area contributed by atoms with Gasteiger partial charge in [-0.2, -0.15) is 5.10 Å². The van der Waals surface area contributed by atoms with Gasteiger partial charge in [0.15, 0.2) is 11.5 Å². The van der Waals surface area contributed by atoms with Gasteiger partial charge in [-0.05, 0) is 19.1 Å². The molecule has 2 rings (SSSR count). The molecule has 0 fully saturated rings. The van der Waals surface area contributed by atoms with Crippen LogP contribution in [-0.4, -0.2) is 60.4 Å². The topological polar surface area (TPSA) is 97.7 Å². The quantitative estimate of drug-likeness (QED) is 0.549. The first-order valence-electron chi connectivity index (χ1n) is 8.11. The molecule has 0 aliphatic rings. The Kier molecular flexibility index (Phi) is 6.76. The molecule has 136 valence electrons. The van der Waals surface area contributed by atoms with Crippen molar-refractivity contribution in [2.75, 3.05) is 33.4 Å². The Morgan fingerprint density at radius 2 is 2.24 bits per heavy atom. The highest BCUT2D eigenvalue weighted by Gasteiger charge is 2.24. The normalized spacial score (nSPS) is 12.0. The molecule has 8 nitrogen and oxygen atoms in total. The van der Waals surface area contributed by atoms with Gasteiger partial charge in [0, 0.05) is 25.8 Å². The Morgan fingerprint density at radius 3 is 2.88 bits per heavy atom. The summed E-state index contributed by atoms with van der Waals surface area (Å²) in [5.74, 6) is -0.508. The zero-order chi connectivity index (χ0) is 18.2. The van der Waals surface area contributed by atoms with Crippen LogP contribution in [-0.2, 0) is 14.3 Å². The predicted molar refractivity (Wildman–Crippen MR) is 89.9 cm³/mol. The lowest BCUT2D eigenvalue weighted by Crippen LogP contribution is -2.39. The lowest BCUT2D eigenvalue weighted by atomic mass is 10.1. The third kappa shape index (κ3) is 4.93. The van der Waals surface area contributed by atoms with Crippen molar-refractivity contribution >= 4 is 11.9 Å². The lowest BCUT2D eigenvalue weighted by Gasteiger charge is -2.24. The molecular formula is C17H23N3O5. The summed E-state index contributed by atoms with van der Waals surface area (Å²) in [6.07, 6.45) is 1.55. The molecule has 0 saturated heterocycles. The first-order chi connectivity index (χ1) is 12.1. The number of aromatic amines is 1. The summed E-state index contributed by atoms with van der Waals surface area (Å²) in [5.41, 5.74) is 0.860. The first-order valence-corrected chi connectivity index (χ1v) is 8.11. The maximum atomic E-state index is 12.8. The van der Waals surface area contributed by atoms with E-state index in [0.717, 1.165) is 0 Å². The Morgan fingerprint density at radius 1 is 1.44 bits per heavy atom. The van der Waals surface area contributed by atoms with E-state index in [1.165, 1.54) is 7.11 Å². The van der Waals surface area contributed by atoms with Gasteiger partial charge in [-0.15, -0.1) is 0 Å². The molecule has 8 heteroatoms. The molecule has 2 aromatic heterocycles. The highest BCUT2D eigenvalue weighted by Crippen LogP contribution is 2.19. The number of furan rings is 1. The summed E-state index contributed by atoms with van der Waals surface area (Å²) in [7, 11) is 1.33. The summed E-state index contributed by atoms with van der Waals surface area (Å²) in [5, 5.41) is 6.84. The van der Waals surface area contributed by atoms with E-state index in [1.54, 1.807) is 36.3 Å². The number of amides is 1. The maximum Gasteiger partial charge on any atom is 0.310 e. The van der Waals surface area contributed by atoms with E-state index in [2.05, 4.69) is 10.2 Å². The van der Waals surface area contributed by atoms with Crippen LogP contribution >= 0.6 is 0 Å². The lowest BCUT2D eigenvalue weighted by molar-refractivity contribution is -0.145. The fraction of sp³-hybridized carbons (Fsp3) is 0.471. The van der Waals surface area contributed by atoms with Gasteiger partial charge in [-0.3, -0.25) is 14.7 Å². The Labute approximate surface area is 146 Å². The van der Waals surface area contributed by atoms with Crippen molar-refractivity contribution in [1.82, 2.24) is 15.1 Å². The molecule has 0 aliphatic heterocycles. The van der Waals surface area contributed by atoms with Gasteiger partial charge in [-0.25, -0.2) is 0 Å².